The molecule has 6 heteroatoms. The number of fused-ring (bicyclic) bond motifs is 8. The van der Waals surface area contributed by atoms with Crippen LogP contribution in [-0.2, 0) is 21.7 Å². The fraction of sp³-hybridized carbons (Fsp3) is 0.235. The van der Waals surface area contributed by atoms with Gasteiger partial charge in [-0.3, -0.25) is 9.47 Å². The number of nitrogens with zero attached hydrogens (tertiary/aromatic N) is 3. The summed E-state index contributed by atoms with van der Waals surface area (Å²) in [6.07, 6.45) is 0. The summed E-state index contributed by atoms with van der Waals surface area (Å²) in [6.45, 7) is 27.6. The fourth-order valence-electron chi connectivity index (χ4n) is 11.6. The lowest BCUT2D eigenvalue weighted by atomic mass is 9.36. The third-order valence-electron chi connectivity index (χ3n) is 15.7. The van der Waals surface area contributed by atoms with Crippen molar-refractivity contribution >= 4 is 101 Å². The molecule has 2 aromatic heterocycles. The van der Waals surface area contributed by atoms with E-state index in [1.807, 2.05) is 11.3 Å². The van der Waals surface area contributed by atoms with Gasteiger partial charge in [-0.05, 0) is 150 Å². The number of hydrogen-bond donors (Lipinski definition) is 0. The number of rotatable bonds is 5. The minimum atomic E-state index is -0.136. The van der Waals surface area contributed by atoms with Gasteiger partial charge in [-0.1, -0.05) is 198 Å². The van der Waals surface area contributed by atoms with Crippen LogP contribution < -0.4 is 25.5 Å². The second-order valence-electron chi connectivity index (χ2n) is 24.8. The molecule has 0 amide bonds. The van der Waals surface area contributed by atoms with Crippen LogP contribution in [0.1, 0.15) is 105 Å². The van der Waals surface area contributed by atoms with Crippen molar-refractivity contribution in [1.29, 1.82) is 0 Å². The summed E-state index contributed by atoms with van der Waals surface area (Å²) in [7, 11) is 0. The molecule has 0 radical (unpaired) electrons. The molecule has 3 nitrogen and oxygen atoms in total. The third kappa shape index (κ3) is 7.92. The monoisotopic (exact) mass is 1000 g/mol. The van der Waals surface area contributed by atoms with E-state index in [2.05, 4.69) is 273 Å². The molecule has 2 aliphatic heterocycles. The van der Waals surface area contributed by atoms with Crippen molar-refractivity contribution in [3.63, 3.8) is 0 Å². The molecular weight excluding hydrogens is 937 g/mol. The van der Waals surface area contributed by atoms with Crippen molar-refractivity contribution in [2.75, 3.05) is 9.80 Å². The minimum Gasteiger partial charge on any atom is -0.310 e. The molecule has 0 fully saturated rings. The molecule has 0 spiro atoms. The Morgan fingerprint density at radius 3 is 1.51 bits per heavy atom. The Kier molecular flexibility index (Phi) is 11.2. The second kappa shape index (κ2) is 17.1. The van der Waals surface area contributed by atoms with E-state index in [1.165, 1.54) is 86.9 Å². The molecule has 0 saturated heterocycles. The maximum atomic E-state index is 7.67. The Labute approximate surface area is 448 Å². The largest absolute Gasteiger partial charge is 0.310 e. The summed E-state index contributed by atoms with van der Waals surface area (Å²) < 4.78 is 5.19. The third-order valence-corrected chi connectivity index (χ3v) is 17.1. The molecule has 0 aliphatic carbocycles. The predicted octanol–water partition coefficient (Wildman–Crippen LogP) is 18.1. The summed E-state index contributed by atoms with van der Waals surface area (Å²) in [5.41, 5.74) is 20.3. The van der Waals surface area contributed by atoms with E-state index in [-0.39, 0.29) is 28.4 Å². The molecule has 0 atom stereocenters. The fourth-order valence-corrected chi connectivity index (χ4v) is 13.0. The van der Waals surface area contributed by atoms with Gasteiger partial charge in [0.05, 0.1) is 16.9 Å². The first-order valence-corrected chi connectivity index (χ1v) is 27.5. The molecule has 74 heavy (non-hydrogen) atoms. The van der Waals surface area contributed by atoms with Crippen LogP contribution in [0, 0.1) is 0 Å². The van der Waals surface area contributed by atoms with E-state index in [0.717, 1.165) is 34.3 Å². The van der Waals surface area contributed by atoms with Gasteiger partial charge in [0.25, 0.3) is 6.71 Å². The molecule has 4 heterocycles. The first-order valence-electron chi connectivity index (χ1n) is 26.3. The molecular formula is C68H65BClN3S. The van der Waals surface area contributed by atoms with Crippen molar-refractivity contribution in [2.45, 2.75) is 105 Å². The molecule has 2 aliphatic rings. The van der Waals surface area contributed by atoms with Crippen LogP contribution in [0.2, 0.25) is 5.02 Å². The highest BCUT2D eigenvalue weighted by Crippen LogP contribution is 2.52. The Balaban J connectivity index is 1.26. The minimum absolute atomic E-state index is 0.00142. The summed E-state index contributed by atoms with van der Waals surface area (Å²) in [5, 5.41) is 3.19. The summed E-state index contributed by atoms with van der Waals surface area (Å²) in [5.74, 6) is 1.14. The molecule has 12 rings (SSSR count). The number of aromatic nitrogens is 1. The highest BCUT2D eigenvalue weighted by atomic mass is 35.5. The van der Waals surface area contributed by atoms with Crippen molar-refractivity contribution in [3.8, 4) is 27.9 Å². The van der Waals surface area contributed by atoms with Gasteiger partial charge in [0, 0.05) is 48.2 Å². The van der Waals surface area contributed by atoms with Gasteiger partial charge in [0.2, 0.25) is 0 Å². The van der Waals surface area contributed by atoms with Gasteiger partial charge >= 0.3 is 0 Å². The summed E-state index contributed by atoms with van der Waals surface area (Å²) >= 11 is 9.62. The Morgan fingerprint density at radius 2 is 0.932 bits per heavy atom. The average molecular weight is 1000 g/mol. The number of benzene rings is 8. The van der Waals surface area contributed by atoms with E-state index >= 15 is 0 Å². The Bertz CT molecular complexity index is 3820. The van der Waals surface area contributed by atoms with E-state index in [1.54, 1.807) is 0 Å². The normalized spacial score (nSPS) is 13.7. The maximum absolute atomic E-state index is 7.67. The highest BCUT2D eigenvalue weighted by Gasteiger charge is 2.48. The zero-order valence-electron chi connectivity index (χ0n) is 44.9. The first kappa shape index (κ1) is 48.2. The number of halogens is 1. The van der Waals surface area contributed by atoms with E-state index < -0.39 is 0 Å². The Morgan fingerprint density at radius 1 is 0.419 bits per heavy atom. The lowest BCUT2D eigenvalue weighted by molar-refractivity contribution is 0.590. The highest BCUT2D eigenvalue weighted by molar-refractivity contribution is 7.34. The molecule has 0 unspecified atom stereocenters. The van der Waals surface area contributed by atoms with Gasteiger partial charge in [0.15, 0.2) is 0 Å². The molecule has 368 valence electrons. The SMILES string of the molecule is CC(C)(C)c1ccc(N2c3cc(Cl)cc4c3B(c3sc5ccc(-c6ccccc6)cc5c32)c2c(n(-c3ccc(C(C)(C)C)cc3-c3ccccc3)c3ccc(C(C)(C)C)cc23)N4c2ccc(C(C)(C)C)cc2)cc1. The lowest BCUT2D eigenvalue weighted by Gasteiger charge is -2.43. The molecule has 0 saturated carbocycles. The van der Waals surface area contributed by atoms with Gasteiger partial charge in [0.1, 0.15) is 5.82 Å². The van der Waals surface area contributed by atoms with Crippen LogP contribution in [0.25, 0.3) is 48.9 Å². The second-order valence-corrected chi connectivity index (χ2v) is 26.4. The zero-order valence-corrected chi connectivity index (χ0v) is 46.5. The molecule has 8 aromatic carbocycles. The van der Waals surface area contributed by atoms with Crippen LogP contribution in [0.4, 0.5) is 34.3 Å². The molecule has 0 N–H and O–H groups in total. The van der Waals surface area contributed by atoms with Crippen LogP contribution in [0.15, 0.2) is 176 Å². The topological polar surface area (TPSA) is 11.4 Å². The van der Waals surface area contributed by atoms with Crippen molar-refractivity contribution in [3.05, 3.63) is 203 Å². The molecule has 10 aromatic rings. The standard InChI is InChI=1S/C68H65BClN3S/c1-65(2,3)45-24-30-50(31-25-45)71-57-40-49(70)41-58-61(57)69(63-62(71)54-37-44(23-36-59(54)74-63)42-19-15-13-16-20-42)60-53-39-48(68(10,11)12)29-35-56(53)73(64(60)72(58)51-32-26-46(27-33-51)66(4,5)6)55-34-28-47(67(7,8)9)38-52(55)43-21-17-14-18-22-43/h13-41H,1-12H3. The maximum Gasteiger partial charge on any atom is 0.267 e. The van der Waals surface area contributed by atoms with Crippen LogP contribution in [0.5, 0.6) is 0 Å². The van der Waals surface area contributed by atoms with Crippen molar-refractivity contribution < 1.29 is 0 Å². The number of hydrogen-bond acceptors (Lipinski definition) is 3. The van der Waals surface area contributed by atoms with Crippen molar-refractivity contribution in [1.82, 2.24) is 4.57 Å². The smallest absolute Gasteiger partial charge is 0.267 e. The zero-order chi connectivity index (χ0) is 51.8. The number of anilines is 6. The van der Waals surface area contributed by atoms with E-state index in [0.29, 0.717) is 5.02 Å². The van der Waals surface area contributed by atoms with Gasteiger partial charge < -0.3 is 4.90 Å². The van der Waals surface area contributed by atoms with E-state index in [4.69, 9.17) is 11.6 Å². The average Bonchev–Trinajstić information content (AvgIpc) is 3.91. The molecule has 0 bridgehead atoms. The van der Waals surface area contributed by atoms with Gasteiger partial charge in [-0.25, -0.2) is 0 Å². The van der Waals surface area contributed by atoms with Crippen LogP contribution in [-0.4, -0.2) is 11.3 Å². The van der Waals surface area contributed by atoms with Gasteiger partial charge in [-0.15, -0.1) is 11.3 Å². The Hall–Kier alpha value is -6.79. The van der Waals surface area contributed by atoms with Crippen molar-refractivity contribution in [2.24, 2.45) is 0 Å². The quantitative estimate of drug-likeness (QED) is 0.159. The van der Waals surface area contributed by atoms with Crippen LogP contribution >= 0.6 is 22.9 Å². The van der Waals surface area contributed by atoms with E-state index in [9.17, 15) is 0 Å². The predicted molar refractivity (Wildman–Crippen MR) is 323 cm³/mol. The van der Waals surface area contributed by atoms with Crippen LogP contribution in [0.3, 0.4) is 0 Å². The summed E-state index contributed by atoms with van der Waals surface area (Å²) in [6, 6.07) is 66.5. The van der Waals surface area contributed by atoms with Gasteiger partial charge in [-0.2, -0.15) is 0 Å². The number of thiophene rings is 1. The first-order chi connectivity index (χ1) is 35.1. The lowest BCUT2D eigenvalue weighted by Crippen LogP contribution is -2.60. The summed E-state index contributed by atoms with van der Waals surface area (Å²) in [4.78, 5) is 5.10.